The minimum atomic E-state index is -2.66. The van der Waals surface area contributed by atoms with Crippen LogP contribution in [0.1, 0.15) is 12.2 Å². The summed E-state index contributed by atoms with van der Waals surface area (Å²) in [6, 6.07) is 5.60. The van der Waals surface area contributed by atoms with E-state index >= 15 is 0 Å². The van der Waals surface area contributed by atoms with Crippen molar-refractivity contribution < 1.29 is 13.2 Å². The lowest BCUT2D eigenvalue weighted by Gasteiger charge is -2.14. The maximum Gasteiger partial charge on any atom is 0.294 e. The summed E-state index contributed by atoms with van der Waals surface area (Å²) < 4.78 is 32.1. The SMILES string of the molecule is Bc1ccc2oc3c(=O)[nH]c(CN4CCC(F)(F)C4)nc3c2c1. The van der Waals surface area contributed by atoms with Gasteiger partial charge >= 0.3 is 0 Å². The number of aromatic amines is 1. The number of likely N-dealkylation sites (tertiary alicyclic amines) is 1. The van der Waals surface area contributed by atoms with Gasteiger partial charge in [0.25, 0.3) is 11.5 Å². The molecule has 4 rings (SSSR count). The summed E-state index contributed by atoms with van der Waals surface area (Å²) in [5, 5.41) is 0.763. The Hall–Kier alpha value is -2.22. The number of furan rings is 1. The molecule has 2 aromatic heterocycles. The van der Waals surface area contributed by atoms with Crippen LogP contribution in [0.25, 0.3) is 22.1 Å². The summed E-state index contributed by atoms with van der Waals surface area (Å²) in [5.41, 5.74) is 1.88. The maximum absolute atomic E-state index is 13.3. The van der Waals surface area contributed by atoms with Gasteiger partial charge in [0.05, 0.1) is 13.1 Å². The number of hydrogen-bond donors (Lipinski definition) is 1. The summed E-state index contributed by atoms with van der Waals surface area (Å²) in [5.74, 6) is -2.28. The van der Waals surface area contributed by atoms with Crippen LogP contribution in [0, 0.1) is 0 Å². The van der Waals surface area contributed by atoms with Crippen LogP contribution in [0.4, 0.5) is 8.78 Å². The van der Waals surface area contributed by atoms with Crippen LogP contribution in [0.2, 0.25) is 0 Å². The molecule has 1 N–H and O–H groups in total. The lowest BCUT2D eigenvalue weighted by molar-refractivity contribution is 0.0113. The second-order valence-corrected chi connectivity index (χ2v) is 6.11. The Morgan fingerprint density at radius 3 is 3.00 bits per heavy atom. The third kappa shape index (κ3) is 2.52. The smallest absolute Gasteiger partial charge is 0.294 e. The fourth-order valence-corrected chi connectivity index (χ4v) is 3.04. The highest BCUT2D eigenvalue weighted by atomic mass is 19.3. The zero-order valence-electron chi connectivity index (χ0n) is 12.5. The molecule has 0 amide bonds. The molecule has 23 heavy (non-hydrogen) atoms. The Bertz CT molecular complexity index is 966. The van der Waals surface area contributed by atoms with Crippen LogP contribution < -0.4 is 11.0 Å². The van der Waals surface area contributed by atoms with Crippen LogP contribution >= 0.6 is 0 Å². The standard InChI is InChI=1S/C15H14BF2N3O2/c16-8-1-2-10-9(5-8)12-13(23-10)14(22)20-11(19-12)6-21-4-3-15(17,18)7-21/h1-2,5H,3-4,6-7,16H2,(H,19,20,22). The van der Waals surface area contributed by atoms with Crippen molar-refractivity contribution in [1.29, 1.82) is 0 Å². The first-order valence-electron chi connectivity index (χ1n) is 7.43. The van der Waals surface area contributed by atoms with Crippen molar-refractivity contribution >= 4 is 35.4 Å². The zero-order chi connectivity index (χ0) is 16.2. The van der Waals surface area contributed by atoms with Gasteiger partial charge in [-0.3, -0.25) is 9.69 Å². The van der Waals surface area contributed by atoms with Gasteiger partial charge in [-0.05, 0) is 6.07 Å². The van der Waals surface area contributed by atoms with Crippen molar-refractivity contribution in [3.63, 3.8) is 0 Å². The first kappa shape index (κ1) is 14.4. The molecule has 1 aliphatic rings. The Morgan fingerprint density at radius 1 is 1.43 bits per heavy atom. The van der Waals surface area contributed by atoms with E-state index in [9.17, 15) is 13.6 Å². The maximum atomic E-state index is 13.3. The molecule has 0 bridgehead atoms. The van der Waals surface area contributed by atoms with E-state index in [2.05, 4.69) is 9.97 Å². The van der Waals surface area contributed by atoms with Gasteiger partial charge in [-0.2, -0.15) is 0 Å². The third-order valence-corrected chi connectivity index (χ3v) is 4.15. The summed E-state index contributed by atoms with van der Waals surface area (Å²) in [6.45, 7) is 0.180. The molecule has 0 radical (unpaired) electrons. The van der Waals surface area contributed by atoms with E-state index in [1.165, 1.54) is 0 Å². The van der Waals surface area contributed by atoms with Gasteiger partial charge < -0.3 is 9.40 Å². The van der Waals surface area contributed by atoms with E-state index in [0.717, 1.165) is 10.8 Å². The highest BCUT2D eigenvalue weighted by molar-refractivity contribution is 6.33. The summed E-state index contributed by atoms with van der Waals surface area (Å²) >= 11 is 0. The average molecular weight is 317 g/mol. The normalized spacial score (nSPS) is 18.2. The molecule has 1 saturated heterocycles. The Morgan fingerprint density at radius 2 is 2.26 bits per heavy atom. The molecule has 3 aromatic rings. The molecule has 8 heteroatoms. The number of benzene rings is 1. The highest BCUT2D eigenvalue weighted by Gasteiger charge is 2.38. The Kier molecular flexibility index (Phi) is 3.06. The van der Waals surface area contributed by atoms with Crippen molar-refractivity contribution in [2.45, 2.75) is 18.9 Å². The number of H-pyrrole nitrogens is 1. The molecule has 0 saturated carbocycles. The second-order valence-electron chi connectivity index (χ2n) is 6.11. The first-order valence-corrected chi connectivity index (χ1v) is 7.43. The predicted molar refractivity (Wildman–Crippen MR) is 85.2 cm³/mol. The van der Waals surface area contributed by atoms with Crippen molar-refractivity contribution in [2.24, 2.45) is 0 Å². The fourth-order valence-electron chi connectivity index (χ4n) is 3.04. The van der Waals surface area contributed by atoms with Crippen LogP contribution in [-0.2, 0) is 6.54 Å². The van der Waals surface area contributed by atoms with Gasteiger partial charge in [0.1, 0.15) is 24.8 Å². The average Bonchev–Trinajstić information content (AvgIpc) is 3.00. The fraction of sp³-hybridized carbons (Fsp3) is 0.333. The first-order chi connectivity index (χ1) is 10.9. The quantitative estimate of drug-likeness (QED) is 0.709. The predicted octanol–water partition coefficient (Wildman–Crippen LogP) is 0.769. The molecule has 1 fully saturated rings. The minimum Gasteiger partial charge on any atom is -0.449 e. The van der Waals surface area contributed by atoms with E-state index < -0.39 is 5.92 Å². The summed E-state index contributed by atoms with van der Waals surface area (Å²) in [6.07, 6.45) is -0.159. The van der Waals surface area contributed by atoms with Crippen molar-refractivity contribution in [1.82, 2.24) is 14.9 Å². The summed E-state index contributed by atoms with van der Waals surface area (Å²) in [7, 11) is 1.94. The monoisotopic (exact) mass is 317 g/mol. The molecule has 3 heterocycles. The largest absolute Gasteiger partial charge is 0.449 e. The van der Waals surface area contributed by atoms with Crippen LogP contribution in [-0.4, -0.2) is 41.7 Å². The van der Waals surface area contributed by atoms with E-state index in [-0.39, 0.29) is 30.7 Å². The van der Waals surface area contributed by atoms with Crippen molar-refractivity contribution in [3.05, 3.63) is 34.4 Å². The summed E-state index contributed by atoms with van der Waals surface area (Å²) in [4.78, 5) is 20.9. The van der Waals surface area contributed by atoms with E-state index in [1.807, 2.05) is 20.0 Å². The van der Waals surface area contributed by atoms with Gasteiger partial charge in [0, 0.05) is 18.4 Å². The zero-order valence-corrected chi connectivity index (χ0v) is 12.5. The topological polar surface area (TPSA) is 62.1 Å². The van der Waals surface area contributed by atoms with E-state index in [4.69, 9.17) is 4.42 Å². The number of nitrogens with zero attached hydrogens (tertiary/aromatic N) is 2. The second kappa shape index (κ2) is 4.89. The lowest BCUT2D eigenvalue weighted by atomic mass is 9.95. The van der Waals surface area contributed by atoms with Crippen LogP contribution in [0.3, 0.4) is 0 Å². The molecule has 118 valence electrons. The molecule has 0 spiro atoms. The molecule has 0 aliphatic carbocycles. The number of fused-ring (bicyclic) bond motifs is 3. The van der Waals surface area contributed by atoms with E-state index in [0.29, 0.717) is 23.5 Å². The number of nitrogens with one attached hydrogen (secondary N) is 1. The number of aromatic nitrogens is 2. The number of rotatable bonds is 2. The highest BCUT2D eigenvalue weighted by Crippen LogP contribution is 2.28. The lowest BCUT2D eigenvalue weighted by Crippen LogP contribution is -2.26. The molecule has 1 aliphatic heterocycles. The van der Waals surface area contributed by atoms with Gasteiger partial charge in [0.15, 0.2) is 0 Å². The van der Waals surface area contributed by atoms with Crippen LogP contribution in [0.15, 0.2) is 27.4 Å². The van der Waals surface area contributed by atoms with Crippen LogP contribution in [0.5, 0.6) is 0 Å². The van der Waals surface area contributed by atoms with Gasteiger partial charge in [-0.25, -0.2) is 13.8 Å². The van der Waals surface area contributed by atoms with Gasteiger partial charge in [-0.15, -0.1) is 0 Å². The van der Waals surface area contributed by atoms with Crippen molar-refractivity contribution in [3.8, 4) is 0 Å². The number of alkyl halides is 2. The number of hydrogen-bond acceptors (Lipinski definition) is 4. The molecular formula is C15H14BF2N3O2. The number of halogens is 2. The Labute approximate surface area is 130 Å². The van der Waals surface area contributed by atoms with Gasteiger partial charge in [-0.1, -0.05) is 17.6 Å². The molecular weight excluding hydrogens is 303 g/mol. The molecule has 5 nitrogen and oxygen atoms in total. The Balaban J connectivity index is 1.78. The van der Waals surface area contributed by atoms with Gasteiger partial charge in [0.2, 0.25) is 5.58 Å². The third-order valence-electron chi connectivity index (χ3n) is 4.15. The molecule has 0 unspecified atom stereocenters. The van der Waals surface area contributed by atoms with Crippen molar-refractivity contribution in [2.75, 3.05) is 13.1 Å². The molecule has 1 aromatic carbocycles. The molecule has 0 atom stereocenters. The van der Waals surface area contributed by atoms with E-state index in [1.54, 1.807) is 11.0 Å². The minimum absolute atomic E-state index is 0.159.